The molecule has 0 saturated carbocycles. The van der Waals surface area contributed by atoms with E-state index in [1.54, 1.807) is 0 Å². The van der Waals surface area contributed by atoms with Gasteiger partial charge in [0, 0.05) is 31.6 Å². The van der Waals surface area contributed by atoms with Crippen LogP contribution in [-0.4, -0.2) is 41.7 Å². The topological polar surface area (TPSA) is 88.5 Å². The van der Waals surface area contributed by atoms with Crippen LogP contribution in [0.5, 0.6) is 0 Å². The number of nitrogens with zero attached hydrogens (tertiary/aromatic N) is 1. The van der Waals surface area contributed by atoms with Gasteiger partial charge >= 0.3 is 5.97 Å². The Labute approximate surface area is 156 Å². The highest BCUT2D eigenvalue weighted by atomic mass is 32.1. The van der Waals surface area contributed by atoms with Crippen LogP contribution in [0.1, 0.15) is 39.5 Å². The first-order valence-electron chi connectivity index (χ1n) is 8.62. The molecule has 2 aromatic rings. The molecule has 1 aromatic heterocycles. The maximum atomic E-state index is 13.0. The second-order valence-electron chi connectivity index (χ2n) is 6.50. The maximum Gasteiger partial charge on any atom is 0.355 e. The molecule has 6 nitrogen and oxygen atoms in total. The van der Waals surface area contributed by atoms with Gasteiger partial charge in [0.15, 0.2) is 5.69 Å². The molecule has 0 radical (unpaired) electrons. The molecule has 2 heterocycles. The standard InChI is InChI=1S/C19H22N2O4S/c1-13-2-4-14(5-3-13)19(7-10-25-11-8-19)18(24)20-9-6-16-21-15(12-26-16)17(22)23/h2-5,12H,6-11H2,1H3,(H,20,24)(H,22,23). The van der Waals surface area contributed by atoms with Gasteiger partial charge in [-0.25, -0.2) is 9.78 Å². The van der Waals surface area contributed by atoms with Crippen LogP contribution < -0.4 is 5.32 Å². The lowest BCUT2D eigenvalue weighted by atomic mass is 9.73. The number of carbonyl (C=O) groups is 2. The lowest BCUT2D eigenvalue weighted by molar-refractivity contribution is -0.130. The summed E-state index contributed by atoms with van der Waals surface area (Å²) in [5.41, 5.74) is 1.67. The number of ether oxygens (including phenoxy) is 1. The van der Waals surface area contributed by atoms with E-state index in [0.717, 1.165) is 11.1 Å². The third-order valence-electron chi connectivity index (χ3n) is 4.78. The molecular formula is C19H22N2O4S. The molecule has 0 atom stereocenters. The minimum Gasteiger partial charge on any atom is -0.476 e. The smallest absolute Gasteiger partial charge is 0.355 e. The number of hydrogen-bond acceptors (Lipinski definition) is 5. The van der Waals surface area contributed by atoms with Gasteiger partial charge in [-0.05, 0) is 25.3 Å². The molecule has 1 saturated heterocycles. The van der Waals surface area contributed by atoms with Crippen molar-refractivity contribution in [3.8, 4) is 0 Å². The number of amides is 1. The van der Waals surface area contributed by atoms with Gasteiger partial charge in [-0.2, -0.15) is 0 Å². The Bertz CT molecular complexity index is 779. The summed E-state index contributed by atoms with van der Waals surface area (Å²) < 4.78 is 5.48. The average molecular weight is 374 g/mol. The third-order valence-corrected chi connectivity index (χ3v) is 5.69. The number of benzene rings is 1. The van der Waals surface area contributed by atoms with Crippen molar-refractivity contribution in [2.75, 3.05) is 19.8 Å². The summed E-state index contributed by atoms with van der Waals surface area (Å²) in [5, 5.41) is 14.2. The van der Waals surface area contributed by atoms with Crippen molar-refractivity contribution in [2.24, 2.45) is 0 Å². The molecule has 1 aromatic carbocycles. The first kappa shape index (κ1) is 18.5. The van der Waals surface area contributed by atoms with Gasteiger partial charge in [-0.3, -0.25) is 4.79 Å². The lowest BCUT2D eigenvalue weighted by Crippen LogP contribution is -2.48. The Morgan fingerprint density at radius 2 is 1.96 bits per heavy atom. The molecule has 138 valence electrons. The quantitative estimate of drug-likeness (QED) is 0.811. The fourth-order valence-electron chi connectivity index (χ4n) is 3.22. The van der Waals surface area contributed by atoms with E-state index in [1.807, 2.05) is 31.2 Å². The zero-order valence-electron chi connectivity index (χ0n) is 14.7. The number of thiazole rings is 1. The Morgan fingerprint density at radius 1 is 1.27 bits per heavy atom. The Hall–Kier alpha value is -2.25. The summed E-state index contributed by atoms with van der Waals surface area (Å²) in [7, 11) is 0. The highest BCUT2D eigenvalue weighted by molar-refractivity contribution is 7.09. The zero-order valence-corrected chi connectivity index (χ0v) is 15.5. The van der Waals surface area contributed by atoms with Crippen LogP contribution in [0.3, 0.4) is 0 Å². The minimum atomic E-state index is -1.03. The Morgan fingerprint density at radius 3 is 2.58 bits per heavy atom. The van der Waals surface area contributed by atoms with Crippen LogP contribution in [0, 0.1) is 6.92 Å². The summed E-state index contributed by atoms with van der Waals surface area (Å²) in [6.45, 7) is 3.59. The fraction of sp³-hybridized carbons (Fsp3) is 0.421. The first-order chi connectivity index (χ1) is 12.5. The summed E-state index contributed by atoms with van der Waals surface area (Å²) in [6, 6.07) is 8.12. The van der Waals surface area contributed by atoms with Gasteiger partial charge < -0.3 is 15.2 Å². The van der Waals surface area contributed by atoms with E-state index in [4.69, 9.17) is 9.84 Å². The third kappa shape index (κ3) is 3.94. The number of aromatic nitrogens is 1. The van der Waals surface area contributed by atoms with Crippen molar-refractivity contribution in [1.82, 2.24) is 10.3 Å². The number of rotatable bonds is 6. The van der Waals surface area contributed by atoms with Crippen molar-refractivity contribution in [3.63, 3.8) is 0 Å². The molecule has 1 amide bonds. The second kappa shape index (κ2) is 7.97. The van der Waals surface area contributed by atoms with Crippen molar-refractivity contribution < 1.29 is 19.4 Å². The van der Waals surface area contributed by atoms with Gasteiger partial charge in [-0.1, -0.05) is 29.8 Å². The van der Waals surface area contributed by atoms with Gasteiger partial charge in [0.1, 0.15) is 0 Å². The monoisotopic (exact) mass is 374 g/mol. The average Bonchev–Trinajstić information content (AvgIpc) is 3.12. The predicted molar refractivity (Wildman–Crippen MR) is 98.7 cm³/mol. The largest absolute Gasteiger partial charge is 0.476 e. The molecule has 3 rings (SSSR count). The van der Waals surface area contributed by atoms with Crippen LogP contribution in [0.25, 0.3) is 0 Å². The van der Waals surface area contributed by atoms with E-state index in [2.05, 4.69) is 10.3 Å². The number of aryl methyl sites for hydroxylation is 1. The van der Waals surface area contributed by atoms with Crippen LogP contribution in [-0.2, 0) is 21.4 Å². The Balaban J connectivity index is 1.67. The van der Waals surface area contributed by atoms with E-state index in [-0.39, 0.29) is 11.6 Å². The van der Waals surface area contributed by atoms with E-state index in [9.17, 15) is 9.59 Å². The highest BCUT2D eigenvalue weighted by Gasteiger charge is 2.41. The molecular weight excluding hydrogens is 352 g/mol. The maximum absolute atomic E-state index is 13.0. The molecule has 1 aliphatic heterocycles. The minimum absolute atomic E-state index is 0.000308. The van der Waals surface area contributed by atoms with Gasteiger partial charge in [0.05, 0.1) is 10.4 Å². The molecule has 0 bridgehead atoms. The number of hydrogen-bond donors (Lipinski definition) is 2. The zero-order chi connectivity index (χ0) is 18.6. The molecule has 1 aliphatic rings. The van der Waals surface area contributed by atoms with Crippen molar-refractivity contribution in [1.29, 1.82) is 0 Å². The van der Waals surface area contributed by atoms with E-state index in [1.165, 1.54) is 16.7 Å². The van der Waals surface area contributed by atoms with E-state index in [0.29, 0.717) is 44.0 Å². The number of aromatic carboxylic acids is 1. The van der Waals surface area contributed by atoms with Gasteiger partial charge in [0.25, 0.3) is 0 Å². The second-order valence-corrected chi connectivity index (χ2v) is 7.44. The first-order valence-corrected chi connectivity index (χ1v) is 9.50. The predicted octanol–water partition coefficient (Wildman–Crippen LogP) is 2.56. The SMILES string of the molecule is Cc1ccc(C2(C(=O)NCCc3nc(C(=O)O)cs3)CCOCC2)cc1. The van der Waals surface area contributed by atoms with Crippen LogP contribution in [0.2, 0.25) is 0 Å². The fourth-order valence-corrected chi connectivity index (χ4v) is 3.99. The number of carboxylic acids is 1. The summed E-state index contributed by atoms with van der Waals surface area (Å²) >= 11 is 1.30. The summed E-state index contributed by atoms with van der Waals surface area (Å²) in [4.78, 5) is 28.0. The number of nitrogens with one attached hydrogen (secondary N) is 1. The van der Waals surface area contributed by atoms with E-state index < -0.39 is 11.4 Å². The molecule has 0 aliphatic carbocycles. The van der Waals surface area contributed by atoms with Crippen molar-refractivity contribution in [3.05, 3.63) is 51.5 Å². The molecule has 0 spiro atoms. The van der Waals surface area contributed by atoms with Gasteiger partial charge in [-0.15, -0.1) is 11.3 Å². The Kier molecular flexibility index (Phi) is 5.68. The number of carbonyl (C=O) groups excluding carboxylic acids is 1. The summed E-state index contributed by atoms with van der Waals surface area (Å²) in [5.74, 6) is -1.03. The van der Waals surface area contributed by atoms with Crippen LogP contribution in [0.15, 0.2) is 29.6 Å². The van der Waals surface area contributed by atoms with Crippen LogP contribution in [0.4, 0.5) is 0 Å². The molecule has 1 fully saturated rings. The molecule has 0 unspecified atom stereocenters. The van der Waals surface area contributed by atoms with Crippen molar-refractivity contribution in [2.45, 2.75) is 31.6 Å². The van der Waals surface area contributed by atoms with Crippen molar-refractivity contribution >= 4 is 23.2 Å². The molecule has 2 N–H and O–H groups in total. The van der Waals surface area contributed by atoms with E-state index >= 15 is 0 Å². The molecule has 26 heavy (non-hydrogen) atoms. The highest BCUT2D eigenvalue weighted by Crippen LogP contribution is 2.35. The van der Waals surface area contributed by atoms with Gasteiger partial charge in [0.2, 0.25) is 5.91 Å². The lowest BCUT2D eigenvalue weighted by Gasteiger charge is -2.36. The van der Waals surface area contributed by atoms with Crippen LogP contribution >= 0.6 is 11.3 Å². The summed E-state index contributed by atoms with van der Waals surface area (Å²) in [6.07, 6.45) is 1.83. The normalized spacial score (nSPS) is 16.2. The molecule has 7 heteroatoms. The number of carboxylic acid groups (broad SMARTS) is 1.